The van der Waals surface area contributed by atoms with Gasteiger partial charge in [-0.2, -0.15) is 0 Å². The maximum Gasteiger partial charge on any atom is 0.363 e. The van der Waals surface area contributed by atoms with Crippen LogP contribution in [0.25, 0.3) is 6.08 Å². The summed E-state index contributed by atoms with van der Waals surface area (Å²) in [5.74, 6) is -0.410. The highest BCUT2D eigenvalue weighted by molar-refractivity contribution is 9.10. The lowest BCUT2D eigenvalue weighted by Gasteiger charge is -2.06. The van der Waals surface area contributed by atoms with Crippen molar-refractivity contribution in [3.05, 3.63) is 69.8 Å². The predicted molar refractivity (Wildman–Crippen MR) is 92.5 cm³/mol. The molecule has 3 rings (SSSR count). The van der Waals surface area contributed by atoms with Gasteiger partial charge in [0.1, 0.15) is 5.75 Å². The van der Waals surface area contributed by atoms with Gasteiger partial charge in [-0.25, -0.2) is 9.79 Å². The summed E-state index contributed by atoms with van der Waals surface area (Å²) in [7, 11) is 0. The Balaban J connectivity index is 1.99. The predicted octanol–water partition coefficient (Wildman–Crippen LogP) is 3.72. The summed E-state index contributed by atoms with van der Waals surface area (Å²) in [5.41, 5.74) is 1.40. The van der Waals surface area contributed by atoms with Gasteiger partial charge in [0.25, 0.3) is 0 Å². The molecule has 2 aromatic rings. The Hall–Kier alpha value is -2.73. The van der Waals surface area contributed by atoms with Gasteiger partial charge in [-0.05, 0) is 36.4 Å². The molecule has 0 aromatic heterocycles. The minimum Gasteiger partial charge on any atom is -0.426 e. The van der Waals surface area contributed by atoms with Crippen LogP contribution in [0.2, 0.25) is 0 Å². The molecule has 0 aliphatic carbocycles. The fourth-order valence-corrected chi connectivity index (χ4v) is 2.52. The first kappa shape index (κ1) is 16.1. The molecular weight excluding hydrogens is 374 g/mol. The molecule has 5 nitrogen and oxygen atoms in total. The number of aliphatic imine (C=N–C) groups is 1. The number of carbonyl (C=O) groups is 2. The van der Waals surface area contributed by atoms with Crippen molar-refractivity contribution in [2.45, 2.75) is 6.92 Å². The lowest BCUT2D eigenvalue weighted by atomic mass is 10.1. The van der Waals surface area contributed by atoms with Gasteiger partial charge < -0.3 is 9.47 Å². The third kappa shape index (κ3) is 3.60. The van der Waals surface area contributed by atoms with Crippen molar-refractivity contribution in [2.24, 2.45) is 4.99 Å². The van der Waals surface area contributed by atoms with Gasteiger partial charge in [-0.3, -0.25) is 4.79 Å². The molecule has 0 atom stereocenters. The summed E-state index contributed by atoms with van der Waals surface area (Å²) in [6.45, 7) is 1.31. The smallest absolute Gasteiger partial charge is 0.363 e. The van der Waals surface area contributed by atoms with Gasteiger partial charge in [-0.1, -0.05) is 34.1 Å². The van der Waals surface area contributed by atoms with Crippen molar-refractivity contribution < 1.29 is 19.1 Å². The van der Waals surface area contributed by atoms with Gasteiger partial charge in [0.05, 0.1) is 0 Å². The van der Waals surface area contributed by atoms with E-state index in [2.05, 4.69) is 20.9 Å². The second-order valence-corrected chi connectivity index (χ2v) is 5.89. The molecule has 1 aliphatic rings. The topological polar surface area (TPSA) is 65.0 Å². The lowest BCUT2D eigenvalue weighted by Crippen LogP contribution is -2.05. The molecule has 2 aromatic carbocycles. The summed E-state index contributed by atoms with van der Waals surface area (Å²) >= 11 is 3.35. The molecule has 1 heterocycles. The number of esters is 2. The Morgan fingerprint density at radius 2 is 1.96 bits per heavy atom. The van der Waals surface area contributed by atoms with E-state index in [4.69, 9.17) is 9.47 Å². The van der Waals surface area contributed by atoms with Crippen molar-refractivity contribution in [1.29, 1.82) is 0 Å². The monoisotopic (exact) mass is 385 g/mol. The largest absolute Gasteiger partial charge is 0.426 e. The molecule has 6 heteroatoms. The summed E-state index contributed by atoms with van der Waals surface area (Å²) in [5, 5.41) is 0. The van der Waals surface area contributed by atoms with Crippen molar-refractivity contribution in [3.8, 4) is 5.75 Å². The maximum atomic E-state index is 12.1. The third-order valence-electron chi connectivity index (χ3n) is 3.16. The fourth-order valence-electron chi connectivity index (χ4n) is 2.14. The number of hydrogen-bond donors (Lipinski definition) is 0. The molecule has 0 saturated heterocycles. The number of ether oxygens (including phenoxy) is 2. The van der Waals surface area contributed by atoms with E-state index in [1.165, 1.54) is 13.0 Å². The van der Waals surface area contributed by atoms with Crippen LogP contribution in [0.5, 0.6) is 5.75 Å². The zero-order valence-electron chi connectivity index (χ0n) is 12.7. The van der Waals surface area contributed by atoms with Crippen molar-refractivity contribution in [2.75, 3.05) is 0 Å². The molecule has 0 fully saturated rings. The molecule has 0 bridgehead atoms. The summed E-state index contributed by atoms with van der Waals surface area (Å²) in [4.78, 5) is 27.5. The fraction of sp³-hybridized carbons (Fsp3) is 0.0556. The van der Waals surface area contributed by atoms with Gasteiger partial charge in [0, 0.05) is 22.5 Å². The first-order chi connectivity index (χ1) is 11.5. The molecule has 0 amide bonds. The number of hydrogen-bond acceptors (Lipinski definition) is 5. The van der Waals surface area contributed by atoms with E-state index < -0.39 is 11.9 Å². The Labute approximate surface area is 146 Å². The second-order valence-electron chi connectivity index (χ2n) is 4.98. The molecular formula is C18H12BrNO4. The minimum atomic E-state index is -0.553. The van der Waals surface area contributed by atoms with Crippen molar-refractivity contribution >= 4 is 39.8 Å². The van der Waals surface area contributed by atoms with E-state index in [-0.39, 0.29) is 11.6 Å². The lowest BCUT2D eigenvalue weighted by molar-refractivity contribution is -0.132. The van der Waals surface area contributed by atoms with Gasteiger partial charge in [0.15, 0.2) is 5.70 Å². The molecule has 0 N–H and O–H groups in total. The highest BCUT2D eigenvalue weighted by Gasteiger charge is 2.24. The second kappa shape index (κ2) is 6.80. The number of rotatable bonds is 3. The van der Waals surface area contributed by atoms with Crippen molar-refractivity contribution in [1.82, 2.24) is 0 Å². The van der Waals surface area contributed by atoms with E-state index in [0.717, 1.165) is 4.47 Å². The molecule has 120 valence electrons. The highest BCUT2D eigenvalue weighted by atomic mass is 79.9. The van der Waals surface area contributed by atoms with Crippen LogP contribution in [-0.2, 0) is 14.3 Å². The van der Waals surface area contributed by atoms with Gasteiger partial charge >= 0.3 is 11.9 Å². The first-order valence-corrected chi connectivity index (χ1v) is 7.88. The Morgan fingerprint density at radius 3 is 2.67 bits per heavy atom. The standard InChI is InChI=1S/C18H12BrNO4/c1-11(21)23-16-8-7-14(19)9-13(16)10-15-18(22)24-17(20-15)12-5-3-2-4-6-12/h2-10H,1H3/b15-10-. The van der Waals surface area contributed by atoms with Gasteiger partial charge in [0.2, 0.25) is 5.90 Å². The van der Waals surface area contributed by atoms with E-state index in [1.807, 2.05) is 18.2 Å². The SMILES string of the molecule is CC(=O)Oc1ccc(Br)cc1/C=C1\N=C(c2ccccc2)OC1=O. The zero-order chi connectivity index (χ0) is 17.1. The maximum absolute atomic E-state index is 12.1. The molecule has 0 spiro atoms. The Bertz CT molecular complexity index is 872. The summed E-state index contributed by atoms with van der Waals surface area (Å²) < 4.78 is 11.1. The minimum absolute atomic E-state index is 0.139. The van der Waals surface area contributed by atoms with Crippen molar-refractivity contribution in [3.63, 3.8) is 0 Å². The van der Waals surface area contributed by atoms with Crippen LogP contribution >= 0.6 is 15.9 Å². The zero-order valence-corrected chi connectivity index (χ0v) is 14.2. The van der Waals surface area contributed by atoms with Crippen LogP contribution in [-0.4, -0.2) is 17.8 Å². The van der Waals surface area contributed by atoms with E-state index >= 15 is 0 Å². The quantitative estimate of drug-likeness (QED) is 0.458. The molecule has 0 saturated carbocycles. The summed E-state index contributed by atoms with van der Waals surface area (Å²) in [6.07, 6.45) is 1.53. The number of nitrogens with zero attached hydrogens (tertiary/aromatic N) is 1. The van der Waals surface area contributed by atoms with E-state index in [1.54, 1.807) is 30.3 Å². The first-order valence-electron chi connectivity index (χ1n) is 7.09. The van der Waals surface area contributed by atoms with Crippen LogP contribution in [0.3, 0.4) is 0 Å². The molecule has 0 unspecified atom stereocenters. The van der Waals surface area contributed by atoms with Crippen LogP contribution in [0.1, 0.15) is 18.1 Å². The van der Waals surface area contributed by atoms with Crippen LogP contribution < -0.4 is 4.74 Å². The number of carbonyl (C=O) groups excluding carboxylic acids is 2. The number of halogens is 1. The summed E-state index contributed by atoms with van der Waals surface area (Å²) in [6, 6.07) is 14.3. The molecule has 0 radical (unpaired) electrons. The number of cyclic esters (lactones) is 1. The van der Waals surface area contributed by atoms with E-state index in [0.29, 0.717) is 16.9 Å². The number of benzene rings is 2. The normalized spacial score (nSPS) is 15.2. The Kier molecular flexibility index (Phi) is 4.57. The molecule has 1 aliphatic heterocycles. The average molecular weight is 386 g/mol. The van der Waals surface area contributed by atoms with Gasteiger partial charge in [-0.15, -0.1) is 0 Å². The molecule has 24 heavy (non-hydrogen) atoms. The van der Waals surface area contributed by atoms with Crippen LogP contribution in [0.15, 0.2) is 63.7 Å². The average Bonchev–Trinajstić information content (AvgIpc) is 2.91. The third-order valence-corrected chi connectivity index (χ3v) is 3.65. The van der Waals surface area contributed by atoms with Crippen LogP contribution in [0, 0.1) is 0 Å². The Morgan fingerprint density at radius 1 is 1.21 bits per heavy atom. The highest BCUT2D eigenvalue weighted by Crippen LogP contribution is 2.28. The van der Waals surface area contributed by atoms with Crippen LogP contribution in [0.4, 0.5) is 0 Å². The van der Waals surface area contributed by atoms with E-state index in [9.17, 15) is 9.59 Å².